The van der Waals surface area contributed by atoms with Gasteiger partial charge in [-0.1, -0.05) is 48.4 Å². The lowest BCUT2D eigenvalue weighted by Gasteiger charge is -2.25. The molecule has 146 valence electrons. The minimum atomic E-state index is 0.138. The summed E-state index contributed by atoms with van der Waals surface area (Å²) in [4.78, 5) is 14.5. The van der Waals surface area contributed by atoms with Gasteiger partial charge in [-0.25, -0.2) is 0 Å². The van der Waals surface area contributed by atoms with Crippen LogP contribution in [0.25, 0.3) is 22.0 Å². The Morgan fingerprint density at radius 3 is 2.50 bits per heavy atom. The quantitative estimate of drug-likeness (QED) is 0.700. The van der Waals surface area contributed by atoms with E-state index < -0.39 is 0 Å². The molecule has 1 aromatic heterocycles. The van der Waals surface area contributed by atoms with Crippen molar-refractivity contribution < 1.29 is 4.79 Å². The summed E-state index contributed by atoms with van der Waals surface area (Å²) in [5.41, 5.74) is 4.94. The molecule has 1 aliphatic heterocycles. The average molecular weight is 376 g/mol. The smallest absolute Gasteiger partial charge is 0.234 e. The van der Waals surface area contributed by atoms with Gasteiger partial charge < -0.3 is 9.88 Å². The second-order valence-corrected chi connectivity index (χ2v) is 7.84. The van der Waals surface area contributed by atoms with E-state index in [2.05, 4.69) is 76.4 Å². The molecule has 0 bridgehead atoms. The van der Waals surface area contributed by atoms with Gasteiger partial charge in [0.2, 0.25) is 5.91 Å². The summed E-state index contributed by atoms with van der Waals surface area (Å²) in [6.07, 6.45) is 5.84. The molecule has 4 heteroatoms. The van der Waals surface area contributed by atoms with Crippen molar-refractivity contribution in [1.82, 2.24) is 14.8 Å². The number of carbonyl (C=O) groups excluding carboxylic acids is 1. The maximum atomic E-state index is 12.2. The number of aromatic nitrogens is 1. The van der Waals surface area contributed by atoms with Gasteiger partial charge >= 0.3 is 0 Å². The lowest BCUT2D eigenvalue weighted by atomic mass is 10.0. The Labute approximate surface area is 167 Å². The van der Waals surface area contributed by atoms with Crippen molar-refractivity contribution in [2.24, 2.45) is 0 Å². The third-order valence-electron chi connectivity index (χ3n) is 5.65. The molecule has 3 aromatic rings. The fourth-order valence-electron chi connectivity index (χ4n) is 4.00. The van der Waals surface area contributed by atoms with Crippen LogP contribution in [0.15, 0.2) is 54.7 Å². The highest BCUT2D eigenvalue weighted by Crippen LogP contribution is 2.25. The first-order chi connectivity index (χ1) is 13.7. The highest BCUT2D eigenvalue weighted by molar-refractivity contribution is 5.85. The molecule has 1 saturated heterocycles. The second-order valence-electron chi connectivity index (χ2n) is 7.84. The Morgan fingerprint density at radius 2 is 1.71 bits per heavy atom. The van der Waals surface area contributed by atoms with Gasteiger partial charge in [0.1, 0.15) is 0 Å². The molecular formula is C24H29N3O. The molecule has 0 aliphatic carbocycles. The summed E-state index contributed by atoms with van der Waals surface area (Å²) in [6.45, 7) is 6.19. The van der Waals surface area contributed by atoms with Gasteiger partial charge in [0.25, 0.3) is 0 Å². The Kier molecular flexibility index (Phi) is 5.77. The van der Waals surface area contributed by atoms with Crippen LogP contribution in [0.3, 0.4) is 0 Å². The first kappa shape index (κ1) is 18.8. The van der Waals surface area contributed by atoms with E-state index in [-0.39, 0.29) is 5.91 Å². The summed E-state index contributed by atoms with van der Waals surface area (Å²) >= 11 is 0. The van der Waals surface area contributed by atoms with E-state index in [9.17, 15) is 4.79 Å². The summed E-state index contributed by atoms with van der Waals surface area (Å²) in [5.74, 6) is 0.138. The maximum absolute atomic E-state index is 12.2. The van der Waals surface area contributed by atoms with E-state index in [1.807, 2.05) is 0 Å². The Balaban J connectivity index is 1.39. The van der Waals surface area contributed by atoms with Gasteiger partial charge in [0.05, 0.1) is 6.54 Å². The molecule has 1 N–H and O–H groups in total. The first-order valence-electron chi connectivity index (χ1n) is 10.3. The monoisotopic (exact) mass is 375 g/mol. The van der Waals surface area contributed by atoms with Crippen LogP contribution in [0.5, 0.6) is 0 Å². The zero-order valence-electron chi connectivity index (χ0n) is 16.7. The average Bonchev–Trinajstić information content (AvgIpc) is 3.12. The SMILES string of the molecule is Cc1ccc(-c2ccc3ccn(CCNC(=O)CN4CCCCC4)c3c2)cc1. The van der Waals surface area contributed by atoms with Crippen molar-refractivity contribution in [3.05, 3.63) is 60.3 Å². The highest BCUT2D eigenvalue weighted by atomic mass is 16.2. The lowest BCUT2D eigenvalue weighted by molar-refractivity contribution is -0.122. The van der Waals surface area contributed by atoms with Crippen LogP contribution < -0.4 is 5.32 Å². The molecule has 2 aromatic carbocycles. The Hall–Kier alpha value is -2.59. The number of nitrogens with zero attached hydrogens (tertiary/aromatic N) is 2. The molecule has 0 saturated carbocycles. The number of aryl methyl sites for hydroxylation is 1. The van der Waals surface area contributed by atoms with Crippen LogP contribution in [0.4, 0.5) is 0 Å². The minimum absolute atomic E-state index is 0.138. The van der Waals surface area contributed by atoms with Crippen LogP contribution in [0.2, 0.25) is 0 Å². The van der Waals surface area contributed by atoms with Crippen LogP contribution >= 0.6 is 0 Å². The number of fused-ring (bicyclic) bond motifs is 1. The standard InChI is InChI=1S/C24H29N3O/c1-19-5-7-20(8-6-19)22-10-9-21-11-15-27(23(21)17-22)16-12-25-24(28)18-26-13-3-2-4-14-26/h5-11,15,17H,2-4,12-14,16,18H2,1H3,(H,25,28). The van der Waals surface area contributed by atoms with Crippen molar-refractivity contribution in [2.45, 2.75) is 32.7 Å². The summed E-state index contributed by atoms with van der Waals surface area (Å²) in [7, 11) is 0. The van der Waals surface area contributed by atoms with Gasteiger partial charge in [-0.2, -0.15) is 0 Å². The van der Waals surface area contributed by atoms with Gasteiger partial charge in [-0.05, 0) is 61.5 Å². The van der Waals surface area contributed by atoms with E-state index in [1.165, 1.54) is 46.9 Å². The maximum Gasteiger partial charge on any atom is 0.234 e. The zero-order valence-corrected chi connectivity index (χ0v) is 16.7. The molecule has 0 radical (unpaired) electrons. The molecule has 1 aliphatic rings. The number of hydrogen-bond acceptors (Lipinski definition) is 2. The molecule has 1 amide bonds. The molecular weight excluding hydrogens is 346 g/mol. The molecule has 2 heterocycles. The van der Waals surface area contributed by atoms with Crippen molar-refractivity contribution in [2.75, 3.05) is 26.2 Å². The van der Waals surface area contributed by atoms with Gasteiger partial charge in [-0.15, -0.1) is 0 Å². The van der Waals surface area contributed by atoms with Gasteiger partial charge in [0.15, 0.2) is 0 Å². The fraction of sp³-hybridized carbons (Fsp3) is 0.375. The lowest BCUT2D eigenvalue weighted by Crippen LogP contribution is -2.40. The topological polar surface area (TPSA) is 37.3 Å². The van der Waals surface area contributed by atoms with Gasteiger partial charge in [-0.3, -0.25) is 9.69 Å². The predicted molar refractivity (Wildman–Crippen MR) is 115 cm³/mol. The predicted octanol–water partition coefficient (Wildman–Crippen LogP) is 4.22. The molecule has 28 heavy (non-hydrogen) atoms. The number of carbonyl (C=O) groups is 1. The number of amides is 1. The first-order valence-corrected chi connectivity index (χ1v) is 10.3. The van der Waals surface area contributed by atoms with Crippen molar-refractivity contribution in [3.63, 3.8) is 0 Å². The second kappa shape index (κ2) is 8.61. The number of hydrogen-bond donors (Lipinski definition) is 1. The minimum Gasteiger partial charge on any atom is -0.353 e. The highest BCUT2D eigenvalue weighted by Gasteiger charge is 2.13. The van der Waals surface area contributed by atoms with Crippen LogP contribution in [-0.2, 0) is 11.3 Å². The number of likely N-dealkylation sites (tertiary alicyclic amines) is 1. The van der Waals surface area contributed by atoms with Crippen LogP contribution in [-0.4, -0.2) is 41.6 Å². The van der Waals surface area contributed by atoms with Crippen LogP contribution in [0.1, 0.15) is 24.8 Å². The number of rotatable bonds is 6. The van der Waals surface area contributed by atoms with E-state index in [4.69, 9.17) is 0 Å². The molecule has 0 unspecified atom stereocenters. The van der Waals surface area contributed by atoms with Gasteiger partial charge in [0, 0.05) is 24.8 Å². The number of benzene rings is 2. The van der Waals surface area contributed by atoms with Crippen molar-refractivity contribution in [3.8, 4) is 11.1 Å². The van der Waals surface area contributed by atoms with Crippen LogP contribution in [0, 0.1) is 6.92 Å². The van der Waals surface area contributed by atoms with E-state index in [0.717, 1.165) is 19.6 Å². The molecule has 0 spiro atoms. The van der Waals surface area contributed by atoms with E-state index >= 15 is 0 Å². The largest absolute Gasteiger partial charge is 0.353 e. The van der Waals surface area contributed by atoms with E-state index in [1.54, 1.807) is 0 Å². The normalized spacial score (nSPS) is 15.0. The molecule has 1 fully saturated rings. The third-order valence-corrected chi connectivity index (χ3v) is 5.65. The fourth-order valence-corrected chi connectivity index (χ4v) is 4.00. The van der Waals surface area contributed by atoms with Crippen molar-refractivity contribution in [1.29, 1.82) is 0 Å². The number of nitrogens with one attached hydrogen (secondary N) is 1. The van der Waals surface area contributed by atoms with Crippen molar-refractivity contribution >= 4 is 16.8 Å². The number of piperidine rings is 1. The summed E-state index contributed by atoms with van der Waals surface area (Å²) < 4.78 is 2.23. The summed E-state index contributed by atoms with van der Waals surface area (Å²) in [5, 5.41) is 4.32. The zero-order chi connectivity index (χ0) is 19.3. The third kappa shape index (κ3) is 4.45. The molecule has 4 nitrogen and oxygen atoms in total. The van der Waals surface area contributed by atoms with E-state index in [0.29, 0.717) is 13.1 Å². The molecule has 4 rings (SSSR count). The molecule has 0 atom stereocenters. The summed E-state index contributed by atoms with van der Waals surface area (Å²) in [6, 6.07) is 17.4. The Bertz CT molecular complexity index is 936. The Morgan fingerprint density at radius 1 is 0.964 bits per heavy atom.